The minimum Gasteiger partial charge on any atom is -0.302 e. The summed E-state index contributed by atoms with van der Waals surface area (Å²) in [6.45, 7) is 10.2. The minimum absolute atomic E-state index is 0.551. The molecule has 2 atom stereocenters. The van der Waals surface area contributed by atoms with E-state index in [1.165, 1.54) is 19.4 Å². The van der Waals surface area contributed by atoms with E-state index in [4.69, 9.17) is 0 Å². The molecule has 2 heteroatoms. The lowest BCUT2D eigenvalue weighted by molar-refractivity contribution is 0.224. The minimum atomic E-state index is 0.551. The topological polar surface area (TPSA) is 24.1 Å². The Morgan fingerprint density at radius 1 is 1.15 bits per heavy atom. The molecular formula is C11H24N2. The number of hydrogen-bond donors (Lipinski definition) is 2. The van der Waals surface area contributed by atoms with Crippen LogP contribution < -0.4 is 10.6 Å². The smallest absolute Gasteiger partial charge is 0.0573 e. The highest BCUT2D eigenvalue weighted by Crippen LogP contribution is 2.20. The molecule has 0 spiro atoms. The molecule has 0 saturated carbocycles. The second-order valence-electron chi connectivity index (χ2n) is 4.86. The van der Waals surface area contributed by atoms with Crippen LogP contribution in [0.1, 0.15) is 40.5 Å². The molecule has 2 N–H and O–H groups in total. The van der Waals surface area contributed by atoms with Crippen molar-refractivity contribution in [1.29, 1.82) is 0 Å². The third-order valence-electron chi connectivity index (χ3n) is 2.93. The van der Waals surface area contributed by atoms with E-state index >= 15 is 0 Å². The molecule has 1 rings (SSSR count). The zero-order chi connectivity index (χ0) is 9.84. The van der Waals surface area contributed by atoms with Crippen LogP contribution in [0, 0.1) is 11.8 Å². The zero-order valence-corrected chi connectivity index (χ0v) is 9.43. The van der Waals surface area contributed by atoms with Crippen LogP contribution >= 0.6 is 0 Å². The van der Waals surface area contributed by atoms with Crippen LogP contribution in [0.4, 0.5) is 0 Å². The van der Waals surface area contributed by atoms with E-state index in [1.54, 1.807) is 0 Å². The second-order valence-corrected chi connectivity index (χ2v) is 4.86. The summed E-state index contributed by atoms with van der Waals surface area (Å²) < 4.78 is 0. The van der Waals surface area contributed by atoms with Gasteiger partial charge in [-0.15, -0.1) is 0 Å². The average Bonchev–Trinajstić information content (AvgIpc) is 2.04. The van der Waals surface area contributed by atoms with Crippen molar-refractivity contribution in [3.8, 4) is 0 Å². The normalized spacial score (nSPS) is 30.0. The largest absolute Gasteiger partial charge is 0.302 e. The molecule has 0 unspecified atom stereocenters. The molecule has 0 aliphatic carbocycles. The quantitative estimate of drug-likeness (QED) is 0.700. The molecule has 1 fully saturated rings. The molecule has 0 bridgehead atoms. The summed E-state index contributed by atoms with van der Waals surface area (Å²) in [6, 6.07) is 0.591. The highest BCUT2D eigenvalue weighted by molar-refractivity contribution is 4.78. The van der Waals surface area contributed by atoms with Crippen LogP contribution in [-0.2, 0) is 0 Å². The Morgan fingerprint density at radius 2 is 1.85 bits per heavy atom. The van der Waals surface area contributed by atoms with Crippen LogP contribution in [-0.4, -0.2) is 18.8 Å². The van der Waals surface area contributed by atoms with Crippen molar-refractivity contribution < 1.29 is 0 Å². The molecule has 0 amide bonds. The molecule has 1 aliphatic heterocycles. The van der Waals surface area contributed by atoms with E-state index in [1.807, 2.05) is 0 Å². The molecule has 0 aromatic carbocycles. The van der Waals surface area contributed by atoms with E-state index in [9.17, 15) is 0 Å². The van der Waals surface area contributed by atoms with Gasteiger partial charge in [0, 0.05) is 6.04 Å². The summed E-state index contributed by atoms with van der Waals surface area (Å²) in [5.41, 5.74) is 0. The van der Waals surface area contributed by atoms with Crippen LogP contribution in [0.15, 0.2) is 0 Å². The highest BCUT2D eigenvalue weighted by atomic mass is 15.1. The second kappa shape index (κ2) is 4.97. The molecule has 1 aliphatic rings. The third-order valence-corrected chi connectivity index (χ3v) is 2.93. The standard InChI is InChI=1S/C11H24N2/c1-8(2)10-5-6-11(12-7-10)13-9(3)4/h8-13H,5-7H2,1-4H3/t10-,11+/m1/s1. The van der Waals surface area contributed by atoms with Crippen LogP contribution in [0.3, 0.4) is 0 Å². The van der Waals surface area contributed by atoms with Crippen LogP contribution in [0.2, 0.25) is 0 Å². The summed E-state index contributed by atoms with van der Waals surface area (Å²) in [7, 11) is 0. The first-order valence-electron chi connectivity index (χ1n) is 5.59. The van der Waals surface area contributed by atoms with Crippen LogP contribution in [0.5, 0.6) is 0 Å². The van der Waals surface area contributed by atoms with Gasteiger partial charge in [-0.2, -0.15) is 0 Å². The number of nitrogens with one attached hydrogen (secondary N) is 2. The van der Waals surface area contributed by atoms with Gasteiger partial charge in [0.2, 0.25) is 0 Å². The maximum Gasteiger partial charge on any atom is 0.0573 e. The van der Waals surface area contributed by atoms with Gasteiger partial charge in [-0.3, -0.25) is 5.32 Å². The van der Waals surface area contributed by atoms with Gasteiger partial charge in [-0.05, 0) is 45.1 Å². The van der Waals surface area contributed by atoms with Crippen molar-refractivity contribution in [3.05, 3.63) is 0 Å². The summed E-state index contributed by atoms with van der Waals surface area (Å²) in [5.74, 6) is 1.71. The van der Waals surface area contributed by atoms with Crippen LogP contribution in [0.25, 0.3) is 0 Å². The number of piperidine rings is 1. The SMILES string of the molecule is CC(C)N[C@H]1CC[C@@H](C(C)C)CN1. The average molecular weight is 184 g/mol. The first-order valence-corrected chi connectivity index (χ1v) is 5.59. The van der Waals surface area contributed by atoms with E-state index in [0.29, 0.717) is 12.2 Å². The van der Waals surface area contributed by atoms with Gasteiger partial charge < -0.3 is 5.32 Å². The van der Waals surface area contributed by atoms with Crippen molar-refractivity contribution >= 4 is 0 Å². The molecule has 0 aromatic heterocycles. The Labute approximate surface area is 82.5 Å². The summed E-state index contributed by atoms with van der Waals surface area (Å²) >= 11 is 0. The van der Waals surface area contributed by atoms with E-state index in [-0.39, 0.29) is 0 Å². The molecule has 0 aromatic rings. The van der Waals surface area contributed by atoms with Crippen molar-refractivity contribution in [2.45, 2.75) is 52.7 Å². The lowest BCUT2D eigenvalue weighted by Crippen LogP contribution is -2.50. The Hall–Kier alpha value is -0.0800. The van der Waals surface area contributed by atoms with E-state index < -0.39 is 0 Å². The number of rotatable bonds is 3. The third kappa shape index (κ3) is 3.65. The monoisotopic (exact) mass is 184 g/mol. The molecule has 1 saturated heterocycles. The fourth-order valence-corrected chi connectivity index (χ4v) is 1.99. The van der Waals surface area contributed by atoms with Gasteiger partial charge in [-0.1, -0.05) is 13.8 Å². The predicted octanol–water partition coefficient (Wildman–Crippen LogP) is 1.97. The summed E-state index contributed by atoms with van der Waals surface area (Å²) in [6.07, 6.45) is 3.20. The maximum atomic E-state index is 3.57. The summed E-state index contributed by atoms with van der Waals surface area (Å²) in [5, 5.41) is 7.10. The van der Waals surface area contributed by atoms with E-state index in [0.717, 1.165) is 11.8 Å². The fourth-order valence-electron chi connectivity index (χ4n) is 1.99. The lowest BCUT2D eigenvalue weighted by Gasteiger charge is -2.33. The van der Waals surface area contributed by atoms with Gasteiger partial charge in [-0.25, -0.2) is 0 Å². The van der Waals surface area contributed by atoms with Gasteiger partial charge in [0.05, 0.1) is 6.17 Å². The predicted molar refractivity (Wildman–Crippen MR) is 57.6 cm³/mol. The first kappa shape index (κ1) is 11.0. The van der Waals surface area contributed by atoms with Crippen molar-refractivity contribution in [1.82, 2.24) is 10.6 Å². The molecular weight excluding hydrogens is 160 g/mol. The lowest BCUT2D eigenvalue weighted by atomic mass is 9.88. The molecule has 78 valence electrons. The molecule has 13 heavy (non-hydrogen) atoms. The first-order chi connectivity index (χ1) is 6.09. The van der Waals surface area contributed by atoms with E-state index in [2.05, 4.69) is 38.3 Å². The Balaban J connectivity index is 2.22. The van der Waals surface area contributed by atoms with Gasteiger partial charge in [0.25, 0.3) is 0 Å². The van der Waals surface area contributed by atoms with Crippen molar-refractivity contribution in [2.75, 3.05) is 6.54 Å². The van der Waals surface area contributed by atoms with Gasteiger partial charge in [0.15, 0.2) is 0 Å². The molecule has 2 nitrogen and oxygen atoms in total. The van der Waals surface area contributed by atoms with Gasteiger partial charge >= 0.3 is 0 Å². The fraction of sp³-hybridized carbons (Fsp3) is 1.00. The van der Waals surface area contributed by atoms with Gasteiger partial charge in [0.1, 0.15) is 0 Å². The maximum absolute atomic E-state index is 3.57. The number of hydrogen-bond acceptors (Lipinski definition) is 2. The Kier molecular flexibility index (Phi) is 4.20. The van der Waals surface area contributed by atoms with Crippen molar-refractivity contribution in [3.63, 3.8) is 0 Å². The Bertz CT molecular complexity index is 135. The Morgan fingerprint density at radius 3 is 2.23 bits per heavy atom. The van der Waals surface area contributed by atoms with Crippen molar-refractivity contribution in [2.24, 2.45) is 11.8 Å². The molecule has 0 radical (unpaired) electrons. The highest BCUT2D eigenvalue weighted by Gasteiger charge is 2.22. The summed E-state index contributed by atoms with van der Waals surface area (Å²) in [4.78, 5) is 0. The zero-order valence-electron chi connectivity index (χ0n) is 9.43. The molecule has 1 heterocycles.